The zero-order valence-electron chi connectivity index (χ0n) is 13.1. The van der Waals surface area contributed by atoms with Crippen molar-refractivity contribution in [1.29, 1.82) is 5.26 Å². The molecule has 0 aliphatic rings. The van der Waals surface area contributed by atoms with E-state index in [0.717, 1.165) is 0 Å². The number of rotatable bonds is 2. The standard InChI is InChI=1S/C13H6N3.C5H8O2.Ir/c1-15-12-7-10(9-14)6-11(8-12)13-4-2-3-5-16-13;1-4(6)3-5(2)7;/h2-5,7-8H;3,6H,1-2H3;/q-1;;/b;4-3-;. The van der Waals surface area contributed by atoms with Gasteiger partial charge in [0.25, 0.3) is 0 Å². The molecule has 2 aromatic rings. The van der Waals surface area contributed by atoms with Crippen LogP contribution in [-0.2, 0) is 24.9 Å². The van der Waals surface area contributed by atoms with Crippen molar-refractivity contribution < 1.29 is 30.0 Å². The summed E-state index contributed by atoms with van der Waals surface area (Å²) >= 11 is 0. The molecular formula is C18H14IrN3O2-. The van der Waals surface area contributed by atoms with Crippen molar-refractivity contribution in [2.45, 2.75) is 13.8 Å². The minimum Gasteiger partial charge on any atom is -0.512 e. The number of aliphatic hydroxyl groups is 1. The molecule has 1 heterocycles. The first kappa shape index (κ1) is 21.2. The number of benzene rings is 1. The molecule has 24 heavy (non-hydrogen) atoms. The first-order valence-electron chi connectivity index (χ1n) is 6.60. The van der Waals surface area contributed by atoms with E-state index < -0.39 is 0 Å². The number of carbonyl (C=O) groups is 1. The molecule has 0 unspecified atom stereocenters. The van der Waals surface area contributed by atoms with Gasteiger partial charge in [-0.2, -0.15) is 0 Å². The number of pyridine rings is 1. The van der Waals surface area contributed by atoms with Gasteiger partial charge < -0.3 is 5.11 Å². The largest absolute Gasteiger partial charge is 0.512 e. The number of aliphatic hydroxyl groups excluding tert-OH is 1. The molecule has 5 nitrogen and oxygen atoms in total. The molecule has 0 spiro atoms. The molecule has 0 atom stereocenters. The fraction of sp³-hybridized carbons (Fsp3) is 0.111. The number of nitriles is 1. The minimum absolute atomic E-state index is 0. The molecule has 1 radical (unpaired) electrons. The summed E-state index contributed by atoms with van der Waals surface area (Å²) in [5.74, 6) is -0.0625. The van der Waals surface area contributed by atoms with Crippen LogP contribution in [0, 0.1) is 24.0 Å². The maximum Gasteiger partial charge on any atom is 0.155 e. The molecule has 0 aliphatic heterocycles. The van der Waals surface area contributed by atoms with Crippen LogP contribution in [0.15, 0.2) is 48.4 Å². The number of hydrogen-bond donors (Lipinski definition) is 1. The van der Waals surface area contributed by atoms with Crippen LogP contribution in [0.25, 0.3) is 16.1 Å². The Kier molecular flexibility index (Phi) is 9.59. The number of allylic oxidation sites excluding steroid dienone is 2. The third-order valence-electron chi connectivity index (χ3n) is 2.46. The van der Waals surface area contributed by atoms with Crippen LogP contribution in [0.4, 0.5) is 5.69 Å². The van der Waals surface area contributed by atoms with Crippen LogP contribution in [0.3, 0.4) is 0 Å². The molecule has 0 amide bonds. The van der Waals surface area contributed by atoms with Gasteiger partial charge in [-0.15, -0.1) is 23.8 Å². The van der Waals surface area contributed by atoms with Crippen LogP contribution in [0.2, 0.25) is 0 Å². The summed E-state index contributed by atoms with van der Waals surface area (Å²) < 4.78 is 0. The normalized spacial score (nSPS) is 9.42. The number of carbonyl (C=O) groups excluding carboxylic acids is 1. The van der Waals surface area contributed by atoms with Gasteiger partial charge in [-0.25, -0.2) is 5.26 Å². The van der Waals surface area contributed by atoms with Crippen molar-refractivity contribution in [3.63, 3.8) is 0 Å². The molecular weight excluding hydrogens is 482 g/mol. The van der Waals surface area contributed by atoms with E-state index in [9.17, 15) is 4.79 Å². The average Bonchev–Trinajstić information content (AvgIpc) is 2.54. The molecule has 0 bridgehead atoms. The van der Waals surface area contributed by atoms with Crippen LogP contribution >= 0.6 is 0 Å². The zero-order valence-corrected chi connectivity index (χ0v) is 15.5. The van der Waals surface area contributed by atoms with E-state index in [1.807, 2.05) is 24.3 Å². The van der Waals surface area contributed by atoms with E-state index in [-0.39, 0.29) is 31.6 Å². The second kappa shape index (κ2) is 10.9. The average molecular weight is 497 g/mol. The van der Waals surface area contributed by atoms with Gasteiger partial charge >= 0.3 is 0 Å². The molecule has 1 aromatic heterocycles. The Bertz CT molecular complexity index is 767. The Hall–Kier alpha value is -2.79. The molecule has 0 saturated carbocycles. The molecule has 0 fully saturated rings. The van der Waals surface area contributed by atoms with Crippen LogP contribution in [0.1, 0.15) is 19.4 Å². The van der Waals surface area contributed by atoms with E-state index in [2.05, 4.69) is 15.9 Å². The smallest absolute Gasteiger partial charge is 0.155 e. The van der Waals surface area contributed by atoms with Crippen LogP contribution in [-0.4, -0.2) is 15.9 Å². The summed E-state index contributed by atoms with van der Waals surface area (Å²) in [7, 11) is 0. The van der Waals surface area contributed by atoms with Crippen molar-refractivity contribution in [2.75, 3.05) is 0 Å². The Balaban J connectivity index is 0.000000570. The Morgan fingerprint density at radius 2 is 2.12 bits per heavy atom. The number of ketones is 1. The van der Waals surface area contributed by atoms with E-state index in [1.165, 1.54) is 26.0 Å². The van der Waals surface area contributed by atoms with Crippen molar-refractivity contribution in [3.05, 3.63) is 71.4 Å². The zero-order chi connectivity index (χ0) is 17.2. The van der Waals surface area contributed by atoms with E-state index in [4.69, 9.17) is 16.9 Å². The van der Waals surface area contributed by atoms with Gasteiger partial charge in [0, 0.05) is 38.1 Å². The van der Waals surface area contributed by atoms with Crippen LogP contribution < -0.4 is 0 Å². The Morgan fingerprint density at radius 1 is 1.42 bits per heavy atom. The van der Waals surface area contributed by atoms with Crippen molar-refractivity contribution >= 4 is 11.5 Å². The third-order valence-corrected chi connectivity index (χ3v) is 2.46. The summed E-state index contributed by atoms with van der Waals surface area (Å²) in [5, 5.41) is 17.2. The van der Waals surface area contributed by atoms with Gasteiger partial charge in [-0.3, -0.25) is 14.6 Å². The molecule has 1 aromatic carbocycles. The minimum atomic E-state index is -0.125. The Morgan fingerprint density at radius 3 is 2.54 bits per heavy atom. The van der Waals surface area contributed by atoms with Gasteiger partial charge in [0.15, 0.2) is 5.78 Å². The molecule has 6 heteroatoms. The first-order valence-corrected chi connectivity index (χ1v) is 6.60. The monoisotopic (exact) mass is 497 g/mol. The molecule has 0 aliphatic carbocycles. The number of hydrogen-bond acceptors (Lipinski definition) is 4. The molecule has 0 saturated heterocycles. The molecule has 123 valence electrons. The SMILES string of the molecule is CC(=O)/C=C(/C)O.[C-]#[N+]c1cc(C#N)[c-]c(-c2ccccn2)c1.[Ir]. The first-order chi connectivity index (χ1) is 11.0. The predicted octanol–water partition coefficient (Wildman–Crippen LogP) is 4.01. The second-order valence-corrected chi connectivity index (χ2v) is 4.50. The summed E-state index contributed by atoms with van der Waals surface area (Å²) in [6, 6.07) is 13.6. The summed E-state index contributed by atoms with van der Waals surface area (Å²) in [4.78, 5) is 17.5. The Labute approximate surface area is 154 Å². The van der Waals surface area contributed by atoms with Crippen molar-refractivity contribution in [3.8, 4) is 17.3 Å². The number of aromatic nitrogens is 1. The fourth-order valence-electron chi connectivity index (χ4n) is 1.63. The van der Waals surface area contributed by atoms with Gasteiger partial charge in [0.05, 0.1) is 12.3 Å². The second-order valence-electron chi connectivity index (χ2n) is 4.50. The maximum absolute atomic E-state index is 10.0. The fourth-order valence-corrected chi connectivity index (χ4v) is 1.63. The van der Waals surface area contributed by atoms with E-state index >= 15 is 0 Å². The van der Waals surface area contributed by atoms with Gasteiger partial charge in [0.1, 0.15) is 5.69 Å². The summed E-state index contributed by atoms with van der Waals surface area (Å²) in [6.45, 7) is 9.80. The summed E-state index contributed by atoms with van der Waals surface area (Å²) in [6.07, 6.45) is 2.83. The third kappa shape index (κ3) is 7.47. The van der Waals surface area contributed by atoms with E-state index in [1.54, 1.807) is 12.3 Å². The van der Waals surface area contributed by atoms with Gasteiger partial charge in [0.2, 0.25) is 0 Å². The van der Waals surface area contributed by atoms with Crippen molar-refractivity contribution in [2.24, 2.45) is 0 Å². The maximum atomic E-state index is 10.0. The van der Waals surface area contributed by atoms with Crippen LogP contribution in [0.5, 0.6) is 0 Å². The molecule has 1 N–H and O–H groups in total. The van der Waals surface area contributed by atoms with Gasteiger partial charge in [-0.1, -0.05) is 17.7 Å². The van der Waals surface area contributed by atoms with E-state index in [0.29, 0.717) is 22.5 Å². The quantitative estimate of drug-likeness (QED) is 0.387. The van der Waals surface area contributed by atoms with Gasteiger partial charge in [-0.05, 0) is 26.0 Å². The summed E-state index contributed by atoms with van der Waals surface area (Å²) in [5.41, 5.74) is 2.17. The topological polar surface area (TPSA) is 78.3 Å². The predicted molar refractivity (Wildman–Crippen MR) is 86.6 cm³/mol. The number of nitrogens with zero attached hydrogens (tertiary/aromatic N) is 3. The van der Waals surface area contributed by atoms with Crippen molar-refractivity contribution in [1.82, 2.24) is 4.98 Å². The molecule has 2 rings (SSSR count).